The van der Waals surface area contributed by atoms with Crippen molar-refractivity contribution in [1.82, 2.24) is 4.72 Å². The molecule has 0 aromatic heterocycles. The van der Waals surface area contributed by atoms with Crippen LogP contribution in [0.5, 0.6) is 0 Å². The molecule has 2 bridgehead atoms. The van der Waals surface area contributed by atoms with Crippen LogP contribution in [-0.4, -0.2) is 14.5 Å². The van der Waals surface area contributed by atoms with Gasteiger partial charge < -0.3 is 0 Å². The first-order valence-electron chi connectivity index (χ1n) is 5.67. The molecule has 15 heavy (non-hydrogen) atoms. The quantitative estimate of drug-likeness (QED) is 0.783. The van der Waals surface area contributed by atoms with Crippen LogP contribution >= 0.6 is 10.7 Å². The highest BCUT2D eigenvalue weighted by molar-refractivity contribution is 8.12. The van der Waals surface area contributed by atoms with E-state index >= 15 is 0 Å². The van der Waals surface area contributed by atoms with Gasteiger partial charge in [-0.15, -0.1) is 0 Å². The standard InChI is InChI=1S/C10H18ClNO2S/c1-7(12-15(11,13)14)10-6-8-2-4-9(10)5-3-8/h7-10,12H,2-6H2,1H3. The Morgan fingerprint density at radius 2 is 1.87 bits per heavy atom. The number of nitrogens with one attached hydrogen (secondary N) is 1. The lowest BCUT2D eigenvalue weighted by Gasteiger charge is -2.44. The van der Waals surface area contributed by atoms with Crippen molar-refractivity contribution in [3.8, 4) is 0 Å². The Morgan fingerprint density at radius 3 is 2.27 bits per heavy atom. The van der Waals surface area contributed by atoms with E-state index in [1.54, 1.807) is 0 Å². The van der Waals surface area contributed by atoms with Crippen LogP contribution in [0.1, 0.15) is 39.0 Å². The number of hydrogen-bond donors (Lipinski definition) is 1. The van der Waals surface area contributed by atoms with E-state index < -0.39 is 9.24 Å². The summed E-state index contributed by atoms with van der Waals surface area (Å²) in [5.74, 6) is 2.02. The second-order valence-corrected chi connectivity index (χ2v) is 7.35. The normalized spacial score (nSPS) is 37.9. The van der Waals surface area contributed by atoms with Gasteiger partial charge in [-0.2, -0.15) is 13.1 Å². The first-order valence-corrected chi connectivity index (χ1v) is 7.98. The summed E-state index contributed by atoms with van der Waals surface area (Å²) in [5, 5.41) is 0. The van der Waals surface area contributed by atoms with Gasteiger partial charge in [0.1, 0.15) is 0 Å². The van der Waals surface area contributed by atoms with Crippen molar-refractivity contribution in [2.24, 2.45) is 17.8 Å². The van der Waals surface area contributed by atoms with Gasteiger partial charge in [-0.1, -0.05) is 12.8 Å². The third kappa shape index (κ3) is 2.86. The second-order valence-electron chi connectivity index (χ2n) is 5.02. The first-order chi connectivity index (χ1) is 6.96. The second kappa shape index (κ2) is 4.22. The molecule has 3 saturated carbocycles. The molecular weight excluding hydrogens is 234 g/mol. The molecular formula is C10H18ClNO2S. The molecule has 0 aromatic carbocycles. The number of fused-ring (bicyclic) bond motifs is 3. The molecule has 0 heterocycles. The van der Waals surface area contributed by atoms with Crippen LogP contribution in [-0.2, 0) is 9.24 Å². The van der Waals surface area contributed by atoms with Gasteiger partial charge in [0, 0.05) is 16.7 Å². The van der Waals surface area contributed by atoms with Gasteiger partial charge in [0.25, 0.3) is 9.24 Å². The van der Waals surface area contributed by atoms with E-state index in [1.165, 1.54) is 32.1 Å². The molecule has 0 amide bonds. The maximum atomic E-state index is 10.9. The molecule has 3 nitrogen and oxygen atoms in total. The van der Waals surface area contributed by atoms with E-state index in [1.807, 2.05) is 6.92 Å². The topological polar surface area (TPSA) is 46.2 Å². The Hall–Kier alpha value is 0.200. The van der Waals surface area contributed by atoms with Crippen molar-refractivity contribution in [1.29, 1.82) is 0 Å². The number of hydrogen-bond acceptors (Lipinski definition) is 2. The molecule has 0 aliphatic heterocycles. The Bertz CT molecular complexity index is 322. The molecule has 0 radical (unpaired) electrons. The zero-order valence-corrected chi connectivity index (χ0v) is 10.5. The summed E-state index contributed by atoms with van der Waals surface area (Å²) >= 11 is 0. The summed E-state index contributed by atoms with van der Waals surface area (Å²) in [6, 6.07) is -0.0133. The number of halogens is 1. The van der Waals surface area contributed by atoms with Crippen LogP contribution in [0.25, 0.3) is 0 Å². The Morgan fingerprint density at radius 1 is 1.27 bits per heavy atom. The summed E-state index contributed by atoms with van der Waals surface area (Å²) in [6.45, 7) is 1.94. The first kappa shape index (κ1) is 11.7. The Balaban J connectivity index is 1.99. The largest absolute Gasteiger partial charge is 0.297 e. The zero-order valence-electron chi connectivity index (χ0n) is 8.95. The zero-order chi connectivity index (χ0) is 11.1. The summed E-state index contributed by atoms with van der Waals surface area (Å²) in [5.41, 5.74) is 0. The monoisotopic (exact) mass is 251 g/mol. The minimum absolute atomic E-state index is 0.0133. The molecule has 3 fully saturated rings. The fourth-order valence-corrected chi connectivity index (χ4v) is 4.39. The molecule has 2 unspecified atom stereocenters. The minimum Gasteiger partial charge on any atom is -0.199 e. The van der Waals surface area contributed by atoms with E-state index in [4.69, 9.17) is 10.7 Å². The van der Waals surface area contributed by atoms with Crippen LogP contribution in [0.2, 0.25) is 0 Å². The lowest BCUT2D eigenvalue weighted by atomic mass is 9.63. The number of rotatable bonds is 3. The average Bonchev–Trinajstić information content (AvgIpc) is 2.17. The summed E-state index contributed by atoms with van der Waals surface area (Å²) in [4.78, 5) is 0. The van der Waals surface area contributed by atoms with E-state index in [2.05, 4.69) is 4.72 Å². The summed E-state index contributed by atoms with van der Waals surface area (Å²) in [6.07, 6.45) is 6.38. The van der Waals surface area contributed by atoms with Crippen LogP contribution < -0.4 is 4.72 Å². The van der Waals surface area contributed by atoms with Crippen LogP contribution in [0.15, 0.2) is 0 Å². The lowest BCUT2D eigenvalue weighted by molar-refractivity contribution is 0.0812. The van der Waals surface area contributed by atoms with Gasteiger partial charge in [-0.3, -0.25) is 0 Å². The molecule has 3 aliphatic rings. The van der Waals surface area contributed by atoms with Gasteiger partial charge in [0.2, 0.25) is 0 Å². The smallest absolute Gasteiger partial charge is 0.199 e. The van der Waals surface area contributed by atoms with Crippen molar-refractivity contribution in [3.63, 3.8) is 0 Å². The average molecular weight is 252 g/mol. The third-order valence-corrected chi connectivity index (χ3v) is 4.99. The van der Waals surface area contributed by atoms with Crippen molar-refractivity contribution in [2.45, 2.75) is 45.1 Å². The van der Waals surface area contributed by atoms with Crippen molar-refractivity contribution in [3.05, 3.63) is 0 Å². The van der Waals surface area contributed by atoms with E-state index in [-0.39, 0.29) is 6.04 Å². The molecule has 3 rings (SSSR count). The van der Waals surface area contributed by atoms with Gasteiger partial charge in [-0.05, 0) is 43.9 Å². The Kier molecular flexibility index (Phi) is 3.29. The van der Waals surface area contributed by atoms with Crippen molar-refractivity contribution < 1.29 is 8.42 Å². The summed E-state index contributed by atoms with van der Waals surface area (Å²) in [7, 11) is 1.64. The van der Waals surface area contributed by atoms with Crippen LogP contribution in [0.3, 0.4) is 0 Å². The maximum absolute atomic E-state index is 10.9. The molecule has 0 saturated heterocycles. The van der Waals surface area contributed by atoms with E-state index in [9.17, 15) is 8.42 Å². The van der Waals surface area contributed by atoms with Gasteiger partial charge >= 0.3 is 0 Å². The van der Waals surface area contributed by atoms with Gasteiger partial charge in [0.15, 0.2) is 0 Å². The third-order valence-electron chi connectivity index (χ3n) is 4.07. The van der Waals surface area contributed by atoms with E-state index in [0.29, 0.717) is 11.8 Å². The predicted octanol–water partition coefficient (Wildman–Crippen LogP) is 2.27. The molecule has 0 spiro atoms. The molecule has 1 N–H and O–H groups in total. The highest BCUT2D eigenvalue weighted by atomic mass is 35.7. The van der Waals surface area contributed by atoms with Crippen LogP contribution in [0.4, 0.5) is 0 Å². The SMILES string of the molecule is CC(NS(=O)(=O)Cl)C1CC2CCC1CC2. The van der Waals surface area contributed by atoms with Crippen molar-refractivity contribution >= 4 is 19.9 Å². The molecule has 2 atom stereocenters. The van der Waals surface area contributed by atoms with E-state index in [0.717, 1.165) is 5.92 Å². The van der Waals surface area contributed by atoms with Gasteiger partial charge in [0.05, 0.1) is 0 Å². The highest BCUT2D eigenvalue weighted by Crippen LogP contribution is 2.46. The van der Waals surface area contributed by atoms with Gasteiger partial charge in [-0.25, -0.2) is 0 Å². The maximum Gasteiger partial charge on any atom is 0.297 e. The minimum atomic E-state index is -3.57. The van der Waals surface area contributed by atoms with Crippen molar-refractivity contribution in [2.75, 3.05) is 0 Å². The highest BCUT2D eigenvalue weighted by Gasteiger charge is 2.38. The fraction of sp³-hybridized carbons (Fsp3) is 1.00. The molecule has 3 aliphatic carbocycles. The Labute approximate surface area is 96.1 Å². The lowest BCUT2D eigenvalue weighted by Crippen LogP contribution is -2.44. The molecule has 0 aromatic rings. The summed E-state index contributed by atoms with van der Waals surface area (Å²) < 4.78 is 24.4. The molecule has 5 heteroatoms. The van der Waals surface area contributed by atoms with Crippen LogP contribution in [0, 0.1) is 17.8 Å². The predicted molar refractivity (Wildman–Crippen MR) is 60.9 cm³/mol. The fourth-order valence-electron chi connectivity index (χ4n) is 3.35. The molecule has 88 valence electrons.